The summed E-state index contributed by atoms with van der Waals surface area (Å²) in [7, 11) is 0. The summed E-state index contributed by atoms with van der Waals surface area (Å²) in [6.45, 7) is -1.43. The number of ether oxygens (including phenoxy) is 1. The molecule has 0 aromatic carbocycles. The maximum absolute atomic E-state index is 9.53. The fourth-order valence-electron chi connectivity index (χ4n) is 0.218. The molecule has 0 fully saturated rings. The van der Waals surface area contributed by atoms with Crippen molar-refractivity contribution < 1.29 is 30.0 Å². The predicted molar refractivity (Wildman–Crippen MR) is 43.0 cm³/mol. The normalized spacial score (nSPS) is 6.15. The molecule has 0 aliphatic rings. The van der Waals surface area contributed by atoms with E-state index >= 15 is 0 Å². The average Bonchev–Trinajstić information content (AvgIpc) is 1.63. The third-order valence-corrected chi connectivity index (χ3v) is 0.440. The molecule has 0 spiro atoms. The van der Waals surface area contributed by atoms with Crippen LogP contribution >= 0.6 is 0 Å². The van der Waals surface area contributed by atoms with Crippen molar-refractivity contribution in [2.75, 3.05) is 13.2 Å². The molecule has 0 rings (SSSR count). The minimum absolute atomic E-state index is 0. The third-order valence-electron chi connectivity index (χ3n) is 0.440. The van der Waals surface area contributed by atoms with Crippen molar-refractivity contribution in [1.29, 1.82) is 0 Å². The first-order chi connectivity index (χ1) is 4.13. The van der Waals surface area contributed by atoms with Gasteiger partial charge >= 0.3 is 23.9 Å². The largest absolute Gasteiger partial charge is 4.00 e. The summed E-state index contributed by atoms with van der Waals surface area (Å²) in [6, 6.07) is 0. The van der Waals surface area contributed by atoms with Crippen LogP contribution in [0.2, 0.25) is 0 Å². The van der Waals surface area contributed by atoms with E-state index in [1.807, 2.05) is 0 Å². The van der Waals surface area contributed by atoms with E-state index in [1.165, 1.54) is 0 Å². The molecule has 0 aliphatic carbocycles. The van der Waals surface area contributed by atoms with Crippen molar-refractivity contribution in [3.05, 3.63) is 14.9 Å². The fraction of sp³-hybridized carbons (Fsp3) is 0.333. The maximum atomic E-state index is 9.53. The monoisotopic (exact) mass is 300 g/mol. The summed E-state index contributed by atoms with van der Waals surface area (Å²) in [5, 5.41) is 19.1. The second-order valence-corrected chi connectivity index (χ2v) is 1.24. The van der Waals surface area contributed by atoms with Gasteiger partial charge in [-0.3, -0.25) is 0 Å². The molecule has 0 unspecified atom stereocenters. The van der Waals surface area contributed by atoms with Crippen LogP contribution in [0.4, 0.5) is 0 Å². The van der Waals surface area contributed by atoms with Crippen molar-refractivity contribution in [2.45, 2.75) is 0 Å². The van der Waals surface area contributed by atoms with Crippen molar-refractivity contribution in [3.8, 4) is 0 Å². The summed E-state index contributed by atoms with van der Waals surface area (Å²) < 4.78 is 4.03. The maximum Gasteiger partial charge on any atom is 4.00 e. The summed E-state index contributed by atoms with van der Waals surface area (Å²) in [6.07, 6.45) is 0. The van der Waals surface area contributed by atoms with Crippen LogP contribution in [0.15, 0.2) is 0 Å². The Bertz CT molecular complexity index is 112. The van der Waals surface area contributed by atoms with E-state index in [4.69, 9.17) is 0 Å². The van der Waals surface area contributed by atoms with Crippen LogP contribution in [-0.2, 0) is 14.3 Å². The number of carboxylic acids is 2. The van der Waals surface area contributed by atoms with Crippen molar-refractivity contribution in [3.63, 3.8) is 0 Å². The Morgan fingerprint density at radius 2 is 1.23 bits per heavy atom. The van der Waals surface area contributed by atoms with E-state index in [2.05, 4.69) is 4.74 Å². The number of carboxylic acid groups (broad SMARTS) is 2. The minimum atomic E-state index is -1.45. The van der Waals surface area contributed by atoms with E-state index in [9.17, 15) is 19.8 Å². The van der Waals surface area contributed by atoms with Gasteiger partial charge in [-0.2, -0.15) is 0 Å². The van der Waals surface area contributed by atoms with Crippen LogP contribution in [0.5, 0.6) is 0 Å². The van der Waals surface area contributed by atoms with Crippen LogP contribution in [0.25, 0.3) is 0 Å². The van der Waals surface area contributed by atoms with E-state index in [0.717, 1.165) is 0 Å². The molecule has 7 heteroatoms. The first-order valence-electron chi connectivity index (χ1n) is 2.10. The van der Waals surface area contributed by atoms with E-state index in [0.29, 0.717) is 0 Å². The molecule has 0 radical (unpaired) electrons. The Morgan fingerprint density at radius 1 is 1.00 bits per heavy atom. The fourth-order valence-corrected chi connectivity index (χ4v) is 0.218. The van der Waals surface area contributed by atoms with Crippen molar-refractivity contribution in [2.24, 2.45) is 0 Å². The van der Waals surface area contributed by atoms with Gasteiger partial charge in [-0.15, -0.1) is 0 Å². The number of carbonyl (C=O) groups is 2. The summed E-state index contributed by atoms with van der Waals surface area (Å²) >= 11 is 0. The van der Waals surface area contributed by atoms with Crippen LogP contribution in [0, 0.1) is 14.9 Å². The molecule has 0 aromatic heterocycles. The molecule has 0 heterocycles. The molecule has 0 aliphatic heterocycles. The van der Waals surface area contributed by atoms with Crippen LogP contribution in [-0.4, -0.2) is 54.5 Å². The van der Waals surface area contributed by atoms with Crippen LogP contribution in [0.3, 0.4) is 0 Å². The molecule has 0 atom stereocenters. The Morgan fingerprint density at radius 3 is 1.38 bits per heavy atom. The van der Waals surface area contributed by atoms with Gasteiger partial charge in [0.2, 0.25) is 0 Å². The number of aliphatic carboxylic acids is 2. The summed E-state index contributed by atoms with van der Waals surface area (Å²) in [4.78, 5) is 19.1. The van der Waals surface area contributed by atoms with Gasteiger partial charge in [0.05, 0.1) is 25.2 Å². The van der Waals surface area contributed by atoms with Gasteiger partial charge in [-0.25, -0.2) is 0 Å². The first-order valence-corrected chi connectivity index (χ1v) is 2.10. The average molecular weight is 299 g/mol. The van der Waals surface area contributed by atoms with Crippen molar-refractivity contribution >= 4 is 35.8 Å². The predicted octanol–water partition coefficient (Wildman–Crippen LogP) is -3.80. The van der Waals surface area contributed by atoms with Gasteiger partial charge in [0.15, 0.2) is 0 Å². The van der Waals surface area contributed by atoms with Gasteiger partial charge in [0.1, 0.15) is 0 Å². The second-order valence-electron chi connectivity index (χ2n) is 1.24. The molecule has 76 valence electrons. The Balaban J connectivity index is -0.0000000533. The minimum Gasteiger partial charge on any atom is -0.548 e. The van der Waals surface area contributed by atoms with Gasteiger partial charge in [-0.05, 0) is 0 Å². The molecular formula is C6H12O6Sn. The Labute approximate surface area is 94.2 Å². The molecule has 0 aromatic rings. The number of carbonyl (C=O) groups excluding carboxylic acids is 2. The molecular weight excluding hydrogens is 287 g/mol. The number of rotatable bonds is 4. The molecule has 13 heavy (non-hydrogen) atoms. The molecule has 0 saturated carbocycles. The van der Waals surface area contributed by atoms with Gasteiger partial charge < -0.3 is 44.9 Å². The van der Waals surface area contributed by atoms with Crippen LogP contribution in [0.1, 0.15) is 0 Å². The quantitative estimate of drug-likeness (QED) is 0.389. The zero-order valence-electron chi connectivity index (χ0n) is 7.46. The molecule has 0 saturated heterocycles. The van der Waals surface area contributed by atoms with E-state index < -0.39 is 25.2 Å². The van der Waals surface area contributed by atoms with E-state index in [-0.39, 0.29) is 44.2 Å². The molecule has 6 nitrogen and oxygen atoms in total. The topological polar surface area (TPSA) is 121 Å². The standard InChI is InChI=1S/C4H6O5.2CH3.H2O.Sn/c5-3(6)1-9-2-4(7)8;;;;/h1-2H2,(H,5,6)(H,7,8);2*1H3;1H2;/q;2*-1;;+4/p-2. The Kier molecular flexibility index (Phi) is 39.9. The zero-order valence-corrected chi connectivity index (χ0v) is 10.3. The molecule has 2 N–H and O–H groups in total. The van der Waals surface area contributed by atoms with Gasteiger partial charge in [0, 0.05) is 0 Å². The van der Waals surface area contributed by atoms with Crippen LogP contribution < -0.4 is 10.2 Å². The SMILES string of the molecule is O.O=C([O-])COCC(=O)[O-].[CH3-].[CH3-].[Sn+4]. The number of hydrogen-bond acceptors (Lipinski definition) is 5. The third kappa shape index (κ3) is 34.0. The first kappa shape index (κ1) is 29.3. The van der Waals surface area contributed by atoms with Crippen molar-refractivity contribution in [1.82, 2.24) is 0 Å². The van der Waals surface area contributed by atoms with Gasteiger partial charge in [0.25, 0.3) is 0 Å². The zero-order chi connectivity index (χ0) is 7.28. The Hall–Kier alpha value is -0.341. The molecule has 0 bridgehead atoms. The summed E-state index contributed by atoms with van der Waals surface area (Å²) in [5.41, 5.74) is 0. The van der Waals surface area contributed by atoms with E-state index in [1.54, 1.807) is 0 Å². The molecule has 0 amide bonds. The smallest absolute Gasteiger partial charge is 0.548 e. The second kappa shape index (κ2) is 17.7. The number of hydrogen-bond donors (Lipinski definition) is 0. The van der Waals surface area contributed by atoms with Gasteiger partial charge in [-0.1, -0.05) is 0 Å². The summed E-state index contributed by atoms with van der Waals surface area (Å²) in [5.74, 6) is -2.90.